The standard InChI is InChI=1S/C51H88O10/c1-3-5-7-9-11-13-15-17-19-21-22-24-26-28-30-32-34-36-38-40-47(54)60-44(43-59-51-50(57)49(56)48(55)45(41-52)61-51)42-58-46(53)39-37-35-33-31-29-27-25-23-20-18-16-14-12-10-8-6-4-2/h5,7,11,13,17,19,22,24,28,30,44-45,48-52,55-57H,3-4,6,8-10,12,14-16,18,20-21,23,25-27,29,31-43H2,1-2H3/b7-5-,13-11-,19-17-,24-22-,30-28-. The Morgan fingerprint density at radius 3 is 1.46 bits per heavy atom. The van der Waals surface area contributed by atoms with Crippen molar-refractivity contribution in [2.75, 3.05) is 19.8 Å². The smallest absolute Gasteiger partial charge is 0.306 e. The molecule has 61 heavy (non-hydrogen) atoms. The molecule has 1 aliphatic heterocycles. The molecule has 0 aromatic carbocycles. The van der Waals surface area contributed by atoms with Gasteiger partial charge in [0.15, 0.2) is 12.4 Å². The highest BCUT2D eigenvalue weighted by atomic mass is 16.7. The summed E-state index contributed by atoms with van der Waals surface area (Å²) < 4.78 is 22.2. The van der Waals surface area contributed by atoms with Crippen molar-refractivity contribution in [2.24, 2.45) is 0 Å². The minimum atomic E-state index is -1.60. The zero-order valence-corrected chi connectivity index (χ0v) is 38.4. The quantitative estimate of drug-likeness (QED) is 0.0266. The van der Waals surface area contributed by atoms with E-state index in [1.54, 1.807) is 0 Å². The van der Waals surface area contributed by atoms with Crippen LogP contribution in [0.25, 0.3) is 0 Å². The summed E-state index contributed by atoms with van der Waals surface area (Å²) in [7, 11) is 0. The summed E-state index contributed by atoms with van der Waals surface area (Å²) in [4.78, 5) is 25.4. The molecule has 352 valence electrons. The van der Waals surface area contributed by atoms with Crippen LogP contribution in [0.3, 0.4) is 0 Å². The van der Waals surface area contributed by atoms with Crippen LogP contribution in [0.5, 0.6) is 0 Å². The van der Waals surface area contributed by atoms with Crippen LogP contribution >= 0.6 is 0 Å². The number of aliphatic hydroxyl groups excluding tert-OH is 4. The van der Waals surface area contributed by atoms with Crippen molar-refractivity contribution >= 4 is 11.9 Å². The largest absolute Gasteiger partial charge is 0.462 e. The summed E-state index contributed by atoms with van der Waals surface area (Å²) in [5.41, 5.74) is 0. The van der Waals surface area contributed by atoms with E-state index in [4.69, 9.17) is 18.9 Å². The van der Waals surface area contributed by atoms with E-state index in [0.717, 1.165) is 70.6 Å². The molecule has 1 heterocycles. The molecular formula is C51H88O10. The molecule has 0 bridgehead atoms. The topological polar surface area (TPSA) is 152 Å². The first-order chi connectivity index (χ1) is 29.8. The fraction of sp³-hybridized carbons (Fsp3) is 0.765. The van der Waals surface area contributed by atoms with Crippen LogP contribution < -0.4 is 0 Å². The van der Waals surface area contributed by atoms with E-state index >= 15 is 0 Å². The highest BCUT2D eigenvalue weighted by Gasteiger charge is 2.44. The Hall–Kier alpha value is -2.60. The molecule has 0 spiro atoms. The van der Waals surface area contributed by atoms with Crippen molar-refractivity contribution in [3.05, 3.63) is 60.8 Å². The van der Waals surface area contributed by atoms with Gasteiger partial charge in [-0.05, 0) is 57.8 Å². The van der Waals surface area contributed by atoms with Gasteiger partial charge in [-0.3, -0.25) is 9.59 Å². The third kappa shape index (κ3) is 32.7. The SMILES string of the molecule is CC/C=C\C/C=C\C/C=C\C/C=C\C/C=C\CCCCCC(=O)OC(COC(=O)CCCCCCCCCCCCCCCCCCC)COC1OC(CO)C(O)C(O)C1O. The number of hydrogen-bond acceptors (Lipinski definition) is 10. The van der Waals surface area contributed by atoms with Crippen molar-refractivity contribution < 1.29 is 49.0 Å². The van der Waals surface area contributed by atoms with Crippen molar-refractivity contribution in [3.63, 3.8) is 0 Å². The Morgan fingerprint density at radius 1 is 0.525 bits per heavy atom. The lowest BCUT2D eigenvalue weighted by atomic mass is 9.99. The van der Waals surface area contributed by atoms with Crippen LogP contribution in [-0.4, -0.2) is 89.0 Å². The van der Waals surface area contributed by atoms with Gasteiger partial charge in [-0.25, -0.2) is 0 Å². The van der Waals surface area contributed by atoms with Gasteiger partial charge in [0.05, 0.1) is 13.2 Å². The number of rotatable bonds is 40. The van der Waals surface area contributed by atoms with Crippen molar-refractivity contribution in [1.82, 2.24) is 0 Å². The summed E-state index contributed by atoms with van der Waals surface area (Å²) in [6.45, 7) is 3.29. The van der Waals surface area contributed by atoms with E-state index in [-0.39, 0.29) is 32.0 Å². The zero-order valence-electron chi connectivity index (χ0n) is 38.4. The van der Waals surface area contributed by atoms with E-state index in [9.17, 15) is 30.0 Å². The lowest BCUT2D eigenvalue weighted by Crippen LogP contribution is -2.59. The second kappa shape index (κ2) is 41.4. The second-order valence-electron chi connectivity index (χ2n) is 16.5. The molecule has 6 atom stereocenters. The number of esters is 2. The minimum Gasteiger partial charge on any atom is -0.462 e. The molecule has 1 fully saturated rings. The summed E-state index contributed by atoms with van der Waals surface area (Å²) in [5, 5.41) is 40.1. The molecule has 0 aromatic rings. The first-order valence-electron chi connectivity index (χ1n) is 24.4. The van der Waals surface area contributed by atoms with E-state index in [0.29, 0.717) is 6.42 Å². The number of hydrogen-bond donors (Lipinski definition) is 4. The third-order valence-electron chi connectivity index (χ3n) is 10.9. The molecule has 0 saturated carbocycles. The van der Waals surface area contributed by atoms with Gasteiger partial charge in [0.25, 0.3) is 0 Å². The van der Waals surface area contributed by atoms with Gasteiger partial charge in [0.1, 0.15) is 31.0 Å². The Labute approximate surface area is 370 Å². The average molecular weight is 861 g/mol. The fourth-order valence-corrected chi connectivity index (χ4v) is 7.10. The van der Waals surface area contributed by atoms with Crippen LogP contribution in [0.1, 0.15) is 194 Å². The summed E-state index contributed by atoms with van der Waals surface area (Å²) in [6, 6.07) is 0. The Balaban J connectivity index is 2.32. The molecule has 0 aliphatic carbocycles. The number of aliphatic hydroxyl groups is 4. The van der Waals surface area contributed by atoms with Crippen LogP contribution in [0, 0.1) is 0 Å². The normalized spacial score (nSPS) is 20.3. The number of ether oxygens (including phenoxy) is 4. The second-order valence-corrected chi connectivity index (χ2v) is 16.5. The number of unbranched alkanes of at least 4 members (excludes halogenated alkanes) is 19. The van der Waals surface area contributed by atoms with Gasteiger partial charge in [0.2, 0.25) is 0 Å². The lowest BCUT2D eigenvalue weighted by Gasteiger charge is -2.39. The molecule has 10 nitrogen and oxygen atoms in total. The molecule has 0 amide bonds. The van der Waals surface area contributed by atoms with E-state index in [2.05, 4.69) is 74.6 Å². The average Bonchev–Trinajstić information content (AvgIpc) is 3.26. The molecular weight excluding hydrogens is 773 g/mol. The predicted molar refractivity (Wildman–Crippen MR) is 247 cm³/mol. The minimum absolute atomic E-state index is 0.190. The van der Waals surface area contributed by atoms with Crippen LogP contribution in [0.15, 0.2) is 60.8 Å². The van der Waals surface area contributed by atoms with Crippen molar-refractivity contribution in [2.45, 2.75) is 230 Å². The summed E-state index contributed by atoms with van der Waals surface area (Å²) in [5.74, 6) is -0.841. The first kappa shape index (κ1) is 56.4. The maximum absolute atomic E-state index is 12.8. The van der Waals surface area contributed by atoms with Crippen LogP contribution in [0.4, 0.5) is 0 Å². The lowest BCUT2D eigenvalue weighted by molar-refractivity contribution is -0.305. The third-order valence-corrected chi connectivity index (χ3v) is 10.9. The van der Waals surface area contributed by atoms with Gasteiger partial charge in [-0.15, -0.1) is 0 Å². The Kier molecular flexibility index (Phi) is 38.3. The molecule has 0 radical (unpaired) electrons. The van der Waals surface area contributed by atoms with Crippen LogP contribution in [-0.2, 0) is 28.5 Å². The predicted octanol–water partition coefficient (Wildman–Crippen LogP) is 11.0. The fourth-order valence-electron chi connectivity index (χ4n) is 7.10. The molecule has 1 aliphatic rings. The zero-order chi connectivity index (χ0) is 44.4. The Morgan fingerprint density at radius 2 is 0.967 bits per heavy atom. The maximum atomic E-state index is 12.8. The highest BCUT2D eigenvalue weighted by molar-refractivity contribution is 5.70. The van der Waals surface area contributed by atoms with E-state index in [1.165, 1.54) is 89.9 Å². The van der Waals surface area contributed by atoms with Gasteiger partial charge >= 0.3 is 11.9 Å². The molecule has 1 saturated heterocycles. The van der Waals surface area contributed by atoms with Gasteiger partial charge in [-0.1, -0.05) is 184 Å². The molecule has 10 heteroatoms. The van der Waals surface area contributed by atoms with Crippen molar-refractivity contribution in [3.8, 4) is 0 Å². The maximum Gasteiger partial charge on any atom is 0.306 e. The Bertz CT molecular complexity index is 1180. The number of allylic oxidation sites excluding steroid dienone is 10. The van der Waals surface area contributed by atoms with Gasteiger partial charge in [-0.2, -0.15) is 0 Å². The van der Waals surface area contributed by atoms with E-state index < -0.39 is 49.4 Å². The monoisotopic (exact) mass is 861 g/mol. The van der Waals surface area contributed by atoms with Crippen LogP contribution in [0.2, 0.25) is 0 Å². The number of carbonyl (C=O) groups is 2. The molecule has 1 rings (SSSR count). The van der Waals surface area contributed by atoms with Crippen molar-refractivity contribution in [1.29, 1.82) is 0 Å². The van der Waals surface area contributed by atoms with Gasteiger partial charge < -0.3 is 39.4 Å². The summed E-state index contributed by atoms with van der Waals surface area (Å²) >= 11 is 0. The first-order valence-corrected chi connectivity index (χ1v) is 24.4. The highest BCUT2D eigenvalue weighted by Crippen LogP contribution is 2.23. The molecule has 0 aromatic heterocycles. The van der Waals surface area contributed by atoms with Gasteiger partial charge in [0, 0.05) is 12.8 Å². The summed E-state index contributed by atoms with van der Waals surface area (Å²) in [6.07, 6.45) is 43.7. The molecule has 4 N–H and O–H groups in total. The number of carbonyl (C=O) groups excluding carboxylic acids is 2. The van der Waals surface area contributed by atoms with E-state index in [1.807, 2.05) is 0 Å². The molecule has 6 unspecified atom stereocenters.